The molecule has 0 spiro atoms. The summed E-state index contributed by atoms with van der Waals surface area (Å²) in [6.07, 6.45) is 3.28. The molecule has 0 unspecified atom stereocenters. The Balaban J connectivity index is 2.27. The van der Waals surface area contributed by atoms with Gasteiger partial charge in [-0.15, -0.1) is 0 Å². The Labute approximate surface area is 131 Å². The predicted octanol–water partition coefficient (Wildman–Crippen LogP) is 2.31. The second kappa shape index (κ2) is 6.32. The van der Waals surface area contributed by atoms with Crippen LogP contribution in [0.2, 0.25) is 0 Å². The van der Waals surface area contributed by atoms with Gasteiger partial charge in [-0.2, -0.15) is 0 Å². The first-order valence-corrected chi connectivity index (χ1v) is 8.70. The first-order chi connectivity index (χ1) is 10.2. The van der Waals surface area contributed by atoms with E-state index in [0.717, 1.165) is 5.39 Å². The molecule has 0 aliphatic heterocycles. The maximum absolute atomic E-state index is 12.6. The summed E-state index contributed by atoms with van der Waals surface area (Å²) in [5, 5.41) is 10.9. The van der Waals surface area contributed by atoms with Crippen molar-refractivity contribution in [2.45, 2.75) is 38.2 Å². The maximum Gasteiger partial charge on any atom is 0.241 e. The lowest BCUT2D eigenvalue weighted by Gasteiger charge is -2.26. The summed E-state index contributed by atoms with van der Waals surface area (Å²) in [5.41, 5.74) is -0.326. The van der Waals surface area contributed by atoms with Crippen molar-refractivity contribution in [3.63, 3.8) is 0 Å². The van der Waals surface area contributed by atoms with E-state index in [0.29, 0.717) is 11.8 Å². The highest BCUT2D eigenvalue weighted by atomic mass is 32.2. The Morgan fingerprint density at radius 1 is 1.32 bits per heavy atom. The summed E-state index contributed by atoms with van der Waals surface area (Å²) in [7, 11) is -3.62. The van der Waals surface area contributed by atoms with Gasteiger partial charge in [-0.25, -0.2) is 13.1 Å². The first kappa shape index (κ1) is 16.9. The molecule has 1 aromatic heterocycles. The number of rotatable bonds is 6. The largest absolute Gasteiger partial charge is 0.393 e. The number of pyridine rings is 1. The van der Waals surface area contributed by atoms with Gasteiger partial charge in [0.05, 0.1) is 11.0 Å². The third kappa shape index (κ3) is 4.03. The van der Waals surface area contributed by atoms with E-state index in [1.165, 1.54) is 0 Å². The van der Waals surface area contributed by atoms with Crippen molar-refractivity contribution in [1.82, 2.24) is 9.71 Å². The maximum atomic E-state index is 12.6. The molecular weight excluding hydrogens is 300 g/mol. The molecule has 6 heteroatoms. The number of benzene rings is 1. The van der Waals surface area contributed by atoms with E-state index in [4.69, 9.17) is 0 Å². The molecule has 2 N–H and O–H groups in total. The molecule has 0 amide bonds. The highest BCUT2D eigenvalue weighted by Gasteiger charge is 2.24. The normalized spacial score (nSPS) is 14.2. The standard InChI is InChI=1S/C16H22N2O3S/c1-12(19)9-16(2,3)11-18-22(20,21)15-6-4-5-13-10-17-8-7-14(13)15/h4-8,10,12,18-19H,9,11H2,1-3H3/t12-/m1/s1. The van der Waals surface area contributed by atoms with Crippen LogP contribution in [-0.4, -0.2) is 31.2 Å². The number of nitrogens with zero attached hydrogens (tertiary/aromatic N) is 1. The number of aromatic nitrogens is 1. The number of sulfonamides is 1. The summed E-state index contributed by atoms with van der Waals surface area (Å²) < 4.78 is 27.8. The average Bonchev–Trinajstić information content (AvgIpc) is 2.43. The van der Waals surface area contributed by atoms with Crippen molar-refractivity contribution < 1.29 is 13.5 Å². The molecule has 0 saturated heterocycles. The van der Waals surface area contributed by atoms with E-state index in [-0.39, 0.29) is 16.9 Å². The Morgan fingerprint density at radius 3 is 2.73 bits per heavy atom. The van der Waals surface area contributed by atoms with Crippen molar-refractivity contribution in [1.29, 1.82) is 0 Å². The Kier molecular flexibility index (Phi) is 4.84. The Hall–Kier alpha value is -1.50. The topological polar surface area (TPSA) is 79.3 Å². The monoisotopic (exact) mass is 322 g/mol. The van der Waals surface area contributed by atoms with Crippen molar-refractivity contribution in [3.05, 3.63) is 36.7 Å². The number of hydrogen-bond donors (Lipinski definition) is 2. The second-order valence-corrected chi connectivity index (χ2v) is 8.13. The summed E-state index contributed by atoms with van der Waals surface area (Å²) in [6.45, 7) is 5.82. The lowest BCUT2D eigenvalue weighted by molar-refractivity contribution is 0.131. The van der Waals surface area contributed by atoms with Gasteiger partial charge in [0.2, 0.25) is 10.0 Å². The van der Waals surface area contributed by atoms with Gasteiger partial charge in [-0.05, 0) is 30.9 Å². The smallest absolute Gasteiger partial charge is 0.241 e. The van der Waals surface area contributed by atoms with Crippen LogP contribution in [0.15, 0.2) is 41.6 Å². The van der Waals surface area contributed by atoms with Gasteiger partial charge in [0, 0.05) is 29.7 Å². The molecule has 0 aliphatic carbocycles. The van der Waals surface area contributed by atoms with Crippen molar-refractivity contribution in [3.8, 4) is 0 Å². The molecule has 0 radical (unpaired) electrons. The van der Waals surface area contributed by atoms with E-state index >= 15 is 0 Å². The minimum absolute atomic E-state index is 0.250. The Morgan fingerprint density at radius 2 is 2.05 bits per heavy atom. The first-order valence-electron chi connectivity index (χ1n) is 7.22. The second-order valence-electron chi connectivity index (χ2n) is 6.39. The molecule has 1 heterocycles. The van der Waals surface area contributed by atoms with Crippen LogP contribution < -0.4 is 4.72 Å². The van der Waals surface area contributed by atoms with Crippen LogP contribution in [0.1, 0.15) is 27.2 Å². The summed E-state index contributed by atoms with van der Waals surface area (Å²) in [5.74, 6) is 0. The molecule has 120 valence electrons. The molecule has 1 aromatic carbocycles. The van der Waals surface area contributed by atoms with Crippen LogP contribution in [0.3, 0.4) is 0 Å². The quantitative estimate of drug-likeness (QED) is 0.855. The third-order valence-electron chi connectivity index (χ3n) is 3.52. The lowest BCUT2D eigenvalue weighted by Crippen LogP contribution is -2.35. The summed E-state index contributed by atoms with van der Waals surface area (Å²) in [4.78, 5) is 4.26. The molecule has 1 atom stereocenters. The van der Waals surface area contributed by atoms with E-state index < -0.39 is 16.1 Å². The Bertz CT molecular complexity index is 750. The molecule has 2 rings (SSSR count). The van der Waals surface area contributed by atoms with Gasteiger partial charge in [-0.3, -0.25) is 4.98 Å². The highest BCUT2D eigenvalue weighted by Crippen LogP contribution is 2.25. The van der Waals surface area contributed by atoms with E-state index in [2.05, 4.69) is 9.71 Å². The zero-order chi connectivity index (χ0) is 16.4. The SMILES string of the molecule is C[C@@H](O)CC(C)(C)CNS(=O)(=O)c1cccc2cnccc12. The zero-order valence-corrected chi connectivity index (χ0v) is 13.9. The average molecular weight is 322 g/mol. The fraction of sp³-hybridized carbons (Fsp3) is 0.438. The number of aliphatic hydroxyl groups is 1. The van der Waals surface area contributed by atoms with Crippen LogP contribution >= 0.6 is 0 Å². The molecular formula is C16H22N2O3S. The molecule has 0 aliphatic rings. The van der Waals surface area contributed by atoms with Gasteiger partial charge in [-0.1, -0.05) is 26.0 Å². The van der Waals surface area contributed by atoms with Gasteiger partial charge in [0.25, 0.3) is 0 Å². The third-order valence-corrected chi connectivity index (χ3v) is 4.98. The highest BCUT2D eigenvalue weighted by molar-refractivity contribution is 7.89. The van der Waals surface area contributed by atoms with Crippen molar-refractivity contribution in [2.24, 2.45) is 5.41 Å². The number of fused-ring (bicyclic) bond motifs is 1. The minimum Gasteiger partial charge on any atom is -0.393 e. The predicted molar refractivity (Wildman–Crippen MR) is 87.0 cm³/mol. The number of nitrogens with one attached hydrogen (secondary N) is 1. The van der Waals surface area contributed by atoms with Gasteiger partial charge in [0.15, 0.2) is 0 Å². The van der Waals surface area contributed by atoms with Crippen LogP contribution in [0.5, 0.6) is 0 Å². The van der Waals surface area contributed by atoms with Crippen LogP contribution in [0.25, 0.3) is 10.8 Å². The summed E-state index contributed by atoms with van der Waals surface area (Å²) >= 11 is 0. The van der Waals surface area contributed by atoms with Crippen LogP contribution in [-0.2, 0) is 10.0 Å². The van der Waals surface area contributed by atoms with E-state index in [1.54, 1.807) is 37.5 Å². The molecule has 0 fully saturated rings. The van der Waals surface area contributed by atoms with Crippen molar-refractivity contribution in [2.75, 3.05) is 6.54 Å². The van der Waals surface area contributed by atoms with E-state index in [1.807, 2.05) is 19.9 Å². The molecule has 22 heavy (non-hydrogen) atoms. The molecule has 5 nitrogen and oxygen atoms in total. The van der Waals surface area contributed by atoms with Crippen molar-refractivity contribution >= 4 is 20.8 Å². The fourth-order valence-electron chi connectivity index (χ4n) is 2.57. The zero-order valence-electron chi connectivity index (χ0n) is 13.1. The van der Waals surface area contributed by atoms with Gasteiger partial charge in [0.1, 0.15) is 0 Å². The number of hydrogen-bond acceptors (Lipinski definition) is 4. The number of aliphatic hydroxyl groups excluding tert-OH is 1. The fourth-order valence-corrected chi connectivity index (χ4v) is 4.04. The van der Waals surface area contributed by atoms with Gasteiger partial charge >= 0.3 is 0 Å². The lowest BCUT2D eigenvalue weighted by atomic mass is 9.87. The molecule has 2 aromatic rings. The van der Waals surface area contributed by atoms with Crippen LogP contribution in [0, 0.1) is 5.41 Å². The minimum atomic E-state index is -3.62. The van der Waals surface area contributed by atoms with Gasteiger partial charge < -0.3 is 5.11 Å². The van der Waals surface area contributed by atoms with E-state index in [9.17, 15) is 13.5 Å². The molecule has 0 bridgehead atoms. The van der Waals surface area contributed by atoms with Crippen LogP contribution in [0.4, 0.5) is 0 Å². The summed E-state index contributed by atoms with van der Waals surface area (Å²) in [6, 6.07) is 6.83. The molecule has 0 saturated carbocycles.